The van der Waals surface area contributed by atoms with Gasteiger partial charge in [0.2, 0.25) is 0 Å². The maximum absolute atomic E-state index is 12.2. The number of carbonyl (C=O) groups excluding carboxylic acids is 1. The van der Waals surface area contributed by atoms with Gasteiger partial charge in [-0.2, -0.15) is 5.10 Å². The van der Waals surface area contributed by atoms with E-state index in [0.717, 1.165) is 22.5 Å². The van der Waals surface area contributed by atoms with E-state index in [1.165, 1.54) is 0 Å². The second kappa shape index (κ2) is 9.70. The van der Waals surface area contributed by atoms with E-state index in [2.05, 4.69) is 15.5 Å². The van der Waals surface area contributed by atoms with Gasteiger partial charge in [-0.05, 0) is 43.2 Å². The van der Waals surface area contributed by atoms with Gasteiger partial charge in [0.05, 0.1) is 18.5 Å². The highest BCUT2D eigenvalue weighted by Gasteiger charge is 2.13. The van der Waals surface area contributed by atoms with Gasteiger partial charge in [0.1, 0.15) is 11.5 Å². The molecule has 1 heterocycles. The smallest absolute Gasteiger partial charge is 0.283 e. The number of carbonyl (C=O) groups is 1. The summed E-state index contributed by atoms with van der Waals surface area (Å²) in [6.07, 6.45) is 1.54. The monoisotopic (exact) mass is 410 g/mol. The van der Waals surface area contributed by atoms with Crippen LogP contribution in [0.5, 0.6) is 11.5 Å². The number of nitrogens with zero attached hydrogens (tertiary/aromatic N) is 2. The normalized spacial score (nSPS) is 10.8. The Morgan fingerprint density at radius 1 is 1.21 bits per heavy atom. The number of thiazole rings is 1. The molecule has 2 aromatic carbocycles. The van der Waals surface area contributed by atoms with Crippen LogP contribution in [0.3, 0.4) is 0 Å². The standard InChI is InChI=1S/C21H22N4O3S/c1-3-27-18-11-16(9-10-17(18)28-13-15-7-5-4-6-8-15)12-23-25-20(26)19-14(2)24-21(22)29-19/h4-12H,3,13H2,1-2H3,(H2,22,24)(H,25,26)/b23-12-. The van der Waals surface area contributed by atoms with Crippen molar-refractivity contribution in [3.05, 3.63) is 70.2 Å². The minimum atomic E-state index is -0.346. The molecule has 0 saturated carbocycles. The van der Waals surface area contributed by atoms with Gasteiger partial charge in [-0.3, -0.25) is 4.79 Å². The lowest BCUT2D eigenvalue weighted by molar-refractivity contribution is 0.0958. The first kappa shape index (κ1) is 20.3. The number of ether oxygens (including phenoxy) is 2. The maximum Gasteiger partial charge on any atom is 0.283 e. The van der Waals surface area contributed by atoms with Gasteiger partial charge in [-0.15, -0.1) is 0 Å². The Bertz CT molecular complexity index is 1000. The van der Waals surface area contributed by atoms with Crippen LogP contribution in [0.1, 0.15) is 33.4 Å². The second-order valence-corrected chi connectivity index (χ2v) is 7.11. The Labute approximate surface area is 173 Å². The molecule has 0 radical (unpaired) electrons. The fourth-order valence-corrected chi connectivity index (χ4v) is 3.30. The number of nitrogen functional groups attached to an aromatic ring is 1. The highest BCUT2D eigenvalue weighted by Crippen LogP contribution is 2.29. The number of nitrogens with one attached hydrogen (secondary N) is 1. The Kier molecular flexibility index (Phi) is 6.80. The predicted molar refractivity (Wildman–Crippen MR) is 115 cm³/mol. The van der Waals surface area contributed by atoms with Gasteiger partial charge < -0.3 is 15.2 Å². The number of nitrogens with two attached hydrogens (primary N) is 1. The molecular weight excluding hydrogens is 388 g/mol. The van der Waals surface area contributed by atoms with Crippen molar-refractivity contribution in [3.63, 3.8) is 0 Å². The van der Waals surface area contributed by atoms with Crippen LogP contribution in [0.15, 0.2) is 53.6 Å². The van der Waals surface area contributed by atoms with E-state index >= 15 is 0 Å². The number of aryl methyl sites for hydroxylation is 1. The molecule has 3 rings (SSSR count). The van der Waals surface area contributed by atoms with Crippen LogP contribution in [0.4, 0.5) is 5.13 Å². The van der Waals surface area contributed by atoms with E-state index in [1.54, 1.807) is 13.1 Å². The van der Waals surface area contributed by atoms with Gasteiger partial charge in [-0.25, -0.2) is 10.4 Å². The zero-order valence-electron chi connectivity index (χ0n) is 16.2. The number of aromatic nitrogens is 1. The highest BCUT2D eigenvalue weighted by molar-refractivity contribution is 7.17. The molecule has 3 N–H and O–H groups in total. The first-order valence-electron chi connectivity index (χ1n) is 9.06. The van der Waals surface area contributed by atoms with Gasteiger partial charge in [0.25, 0.3) is 5.91 Å². The van der Waals surface area contributed by atoms with Crippen molar-refractivity contribution in [2.75, 3.05) is 12.3 Å². The minimum Gasteiger partial charge on any atom is -0.490 e. The Morgan fingerprint density at radius 3 is 2.69 bits per heavy atom. The lowest BCUT2D eigenvalue weighted by atomic mass is 10.2. The molecule has 8 heteroatoms. The van der Waals surface area contributed by atoms with Crippen LogP contribution in [0.2, 0.25) is 0 Å². The number of anilines is 1. The third-order valence-corrected chi connectivity index (χ3v) is 4.89. The van der Waals surface area contributed by atoms with Crippen molar-refractivity contribution < 1.29 is 14.3 Å². The number of amides is 1. The van der Waals surface area contributed by atoms with Crippen molar-refractivity contribution >= 4 is 28.6 Å². The Hall–Kier alpha value is -3.39. The first-order chi connectivity index (χ1) is 14.1. The molecule has 7 nitrogen and oxygen atoms in total. The molecule has 150 valence electrons. The zero-order valence-corrected chi connectivity index (χ0v) is 17.0. The summed E-state index contributed by atoms with van der Waals surface area (Å²) >= 11 is 1.13. The third kappa shape index (κ3) is 5.55. The average Bonchev–Trinajstić information content (AvgIpc) is 3.06. The molecule has 0 aliphatic carbocycles. The average molecular weight is 410 g/mol. The molecule has 0 atom stereocenters. The van der Waals surface area contributed by atoms with Crippen LogP contribution in [-0.2, 0) is 6.61 Å². The lowest BCUT2D eigenvalue weighted by Crippen LogP contribution is -2.17. The molecule has 0 fully saturated rings. The van der Waals surface area contributed by atoms with Crippen LogP contribution in [0, 0.1) is 6.92 Å². The Balaban J connectivity index is 1.66. The van der Waals surface area contributed by atoms with E-state index < -0.39 is 0 Å². The van der Waals surface area contributed by atoms with Crippen molar-refractivity contribution in [2.45, 2.75) is 20.5 Å². The summed E-state index contributed by atoms with van der Waals surface area (Å²) in [6, 6.07) is 15.4. The number of benzene rings is 2. The highest BCUT2D eigenvalue weighted by atomic mass is 32.1. The molecule has 0 aliphatic rings. The third-order valence-electron chi connectivity index (χ3n) is 3.90. The molecular formula is C21H22N4O3S. The summed E-state index contributed by atoms with van der Waals surface area (Å²) in [5.41, 5.74) is 10.5. The fraction of sp³-hybridized carbons (Fsp3) is 0.190. The summed E-state index contributed by atoms with van der Waals surface area (Å²) in [4.78, 5) is 16.6. The number of hydrazone groups is 1. The molecule has 0 bridgehead atoms. The van der Waals surface area contributed by atoms with E-state index in [-0.39, 0.29) is 5.91 Å². The SMILES string of the molecule is CCOc1cc(/C=N\NC(=O)c2sc(N)nc2C)ccc1OCc1ccccc1. The number of hydrogen-bond acceptors (Lipinski definition) is 7. The fourth-order valence-electron chi connectivity index (χ4n) is 2.57. The molecule has 3 aromatic rings. The largest absolute Gasteiger partial charge is 0.490 e. The van der Waals surface area contributed by atoms with Crippen molar-refractivity contribution in [2.24, 2.45) is 5.10 Å². The molecule has 1 aromatic heterocycles. The van der Waals surface area contributed by atoms with Gasteiger partial charge in [0.15, 0.2) is 16.6 Å². The van der Waals surface area contributed by atoms with E-state index in [1.807, 2.05) is 55.5 Å². The molecule has 29 heavy (non-hydrogen) atoms. The summed E-state index contributed by atoms with van der Waals surface area (Å²) in [5, 5.41) is 4.36. The second-order valence-electron chi connectivity index (χ2n) is 6.08. The molecule has 0 unspecified atom stereocenters. The van der Waals surface area contributed by atoms with E-state index in [4.69, 9.17) is 15.2 Å². The Morgan fingerprint density at radius 2 is 2.00 bits per heavy atom. The van der Waals surface area contributed by atoms with Crippen LogP contribution >= 0.6 is 11.3 Å². The maximum atomic E-state index is 12.2. The summed E-state index contributed by atoms with van der Waals surface area (Å²) in [6.45, 7) is 4.59. The minimum absolute atomic E-state index is 0.346. The summed E-state index contributed by atoms with van der Waals surface area (Å²) < 4.78 is 11.6. The zero-order chi connectivity index (χ0) is 20.6. The predicted octanol–water partition coefficient (Wildman–Crippen LogP) is 3.78. The first-order valence-corrected chi connectivity index (χ1v) is 9.88. The molecule has 0 saturated heterocycles. The number of rotatable bonds is 8. The van der Waals surface area contributed by atoms with Crippen molar-refractivity contribution in [3.8, 4) is 11.5 Å². The van der Waals surface area contributed by atoms with Crippen molar-refractivity contribution in [1.29, 1.82) is 0 Å². The van der Waals surface area contributed by atoms with Gasteiger partial charge >= 0.3 is 0 Å². The summed E-state index contributed by atoms with van der Waals surface area (Å²) in [7, 11) is 0. The van der Waals surface area contributed by atoms with Crippen LogP contribution in [-0.4, -0.2) is 23.7 Å². The van der Waals surface area contributed by atoms with Crippen LogP contribution in [0.25, 0.3) is 0 Å². The quantitative estimate of drug-likeness (QED) is 0.435. The molecule has 0 aliphatic heterocycles. The van der Waals surface area contributed by atoms with Gasteiger partial charge in [0, 0.05) is 0 Å². The van der Waals surface area contributed by atoms with Crippen LogP contribution < -0.4 is 20.6 Å². The van der Waals surface area contributed by atoms with E-state index in [9.17, 15) is 4.79 Å². The number of hydrogen-bond donors (Lipinski definition) is 2. The van der Waals surface area contributed by atoms with Gasteiger partial charge in [-0.1, -0.05) is 41.7 Å². The summed E-state index contributed by atoms with van der Waals surface area (Å²) in [5.74, 6) is 0.915. The van der Waals surface area contributed by atoms with E-state index in [0.29, 0.717) is 40.4 Å². The van der Waals surface area contributed by atoms with Crippen molar-refractivity contribution in [1.82, 2.24) is 10.4 Å². The topological polar surface area (TPSA) is 98.8 Å². The molecule has 1 amide bonds. The molecule has 0 spiro atoms. The lowest BCUT2D eigenvalue weighted by Gasteiger charge is -2.12.